The molecule has 0 aromatic heterocycles. The summed E-state index contributed by atoms with van der Waals surface area (Å²) in [6, 6.07) is 0.528. The van der Waals surface area contributed by atoms with Crippen molar-refractivity contribution in [1.82, 2.24) is 10.2 Å². The molecule has 4 heteroatoms. The third-order valence-corrected chi connectivity index (χ3v) is 3.83. The molecule has 0 aliphatic carbocycles. The highest BCUT2D eigenvalue weighted by molar-refractivity contribution is 5.66. The van der Waals surface area contributed by atoms with Gasteiger partial charge in [0.2, 0.25) is 0 Å². The van der Waals surface area contributed by atoms with E-state index in [0.717, 1.165) is 26.1 Å². The summed E-state index contributed by atoms with van der Waals surface area (Å²) in [6.45, 7) is 10.5. The molecule has 0 radical (unpaired) electrons. The van der Waals surface area contributed by atoms with E-state index in [2.05, 4.69) is 31.0 Å². The van der Waals surface area contributed by atoms with Gasteiger partial charge in [0, 0.05) is 25.7 Å². The Morgan fingerprint density at radius 2 is 2.17 bits per heavy atom. The van der Waals surface area contributed by atoms with Gasteiger partial charge in [0.25, 0.3) is 0 Å². The van der Waals surface area contributed by atoms with Crippen LogP contribution in [0.1, 0.15) is 40.0 Å². The van der Waals surface area contributed by atoms with Crippen LogP contribution in [-0.2, 0) is 4.79 Å². The minimum atomic E-state index is -0.695. The summed E-state index contributed by atoms with van der Waals surface area (Å²) in [6.07, 6.45) is 2.63. The largest absolute Gasteiger partial charge is 0.481 e. The Morgan fingerprint density at radius 1 is 1.44 bits per heavy atom. The molecule has 1 rings (SSSR count). The smallest absolute Gasteiger partial charge is 0.304 e. The molecule has 2 atom stereocenters. The molecule has 106 valence electrons. The summed E-state index contributed by atoms with van der Waals surface area (Å²) in [4.78, 5) is 13.0. The standard InChI is InChI=1S/C14H28N2O2/c1-4-6-15-13-8-12(11(2)3)9-16(10-13)7-5-14(17)18/h11-13,15H,4-10H2,1-3H3,(H,17,18). The van der Waals surface area contributed by atoms with Crippen molar-refractivity contribution in [2.45, 2.75) is 46.1 Å². The first-order valence-electron chi connectivity index (χ1n) is 7.20. The third-order valence-electron chi connectivity index (χ3n) is 3.83. The zero-order valence-electron chi connectivity index (χ0n) is 12.0. The second-order valence-electron chi connectivity index (χ2n) is 5.79. The van der Waals surface area contributed by atoms with Gasteiger partial charge in [-0.3, -0.25) is 4.79 Å². The normalized spacial score (nSPS) is 25.6. The Hall–Kier alpha value is -0.610. The Labute approximate surface area is 111 Å². The van der Waals surface area contributed by atoms with E-state index >= 15 is 0 Å². The molecular formula is C14H28N2O2. The third kappa shape index (κ3) is 5.36. The lowest BCUT2D eigenvalue weighted by Gasteiger charge is -2.39. The molecule has 0 amide bonds. The molecule has 0 spiro atoms. The first kappa shape index (κ1) is 15.4. The quantitative estimate of drug-likeness (QED) is 0.729. The maximum absolute atomic E-state index is 10.7. The van der Waals surface area contributed by atoms with Crippen LogP contribution in [0.25, 0.3) is 0 Å². The van der Waals surface area contributed by atoms with Crippen molar-refractivity contribution in [3.63, 3.8) is 0 Å². The Morgan fingerprint density at radius 3 is 2.72 bits per heavy atom. The number of carbonyl (C=O) groups is 1. The molecule has 1 saturated heterocycles. The van der Waals surface area contributed by atoms with Gasteiger partial charge in [0.05, 0.1) is 6.42 Å². The van der Waals surface area contributed by atoms with Crippen LogP contribution >= 0.6 is 0 Å². The lowest BCUT2D eigenvalue weighted by Crippen LogP contribution is -2.50. The molecule has 0 aromatic carbocycles. The van der Waals surface area contributed by atoms with Gasteiger partial charge in [-0.1, -0.05) is 20.8 Å². The van der Waals surface area contributed by atoms with Crippen LogP contribution in [-0.4, -0.2) is 48.2 Å². The predicted octanol–water partition coefficient (Wildman–Crippen LogP) is 1.81. The van der Waals surface area contributed by atoms with Gasteiger partial charge in [0.1, 0.15) is 0 Å². The Kier molecular flexibility index (Phi) is 6.65. The van der Waals surface area contributed by atoms with E-state index in [1.807, 2.05) is 0 Å². The van der Waals surface area contributed by atoms with Gasteiger partial charge in [-0.05, 0) is 31.2 Å². The molecule has 1 fully saturated rings. The summed E-state index contributed by atoms with van der Waals surface area (Å²) in [7, 11) is 0. The molecule has 18 heavy (non-hydrogen) atoms. The number of aliphatic carboxylic acids is 1. The fourth-order valence-electron chi connectivity index (χ4n) is 2.65. The second kappa shape index (κ2) is 7.74. The molecule has 1 aliphatic heterocycles. The summed E-state index contributed by atoms with van der Waals surface area (Å²) >= 11 is 0. The lowest BCUT2D eigenvalue weighted by atomic mass is 9.85. The maximum atomic E-state index is 10.7. The fourth-order valence-corrected chi connectivity index (χ4v) is 2.65. The van der Waals surface area contributed by atoms with E-state index in [-0.39, 0.29) is 6.42 Å². The molecule has 1 heterocycles. The minimum absolute atomic E-state index is 0.255. The topological polar surface area (TPSA) is 52.6 Å². The number of carboxylic acid groups (broad SMARTS) is 1. The number of hydrogen-bond acceptors (Lipinski definition) is 3. The van der Waals surface area contributed by atoms with Crippen molar-refractivity contribution in [2.24, 2.45) is 11.8 Å². The number of carboxylic acids is 1. The zero-order valence-corrected chi connectivity index (χ0v) is 12.0. The molecule has 0 saturated carbocycles. The summed E-state index contributed by atoms with van der Waals surface area (Å²) < 4.78 is 0. The molecular weight excluding hydrogens is 228 g/mol. The highest BCUT2D eigenvalue weighted by atomic mass is 16.4. The van der Waals surface area contributed by atoms with E-state index in [4.69, 9.17) is 5.11 Å². The van der Waals surface area contributed by atoms with Crippen molar-refractivity contribution in [2.75, 3.05) is 26.2 Å². The van der Waals surface area contributed by atoms with Gasteiger partial charge < -0.3 is 15.3 Å². The van der Waals surface area contributed by atoms with Gasteiger partial charge in [0.15, 0.2) is 0 Å². The number of hydrogen-bond donors (Lipinski definition) is 2. The molecule has 0 aromatic rings. The fraction of sp³-hybridized carbons (Fsp3) is 0.929. The number of nitrogens with zero attached hydrogens (tertiary/aromatic N) is 1. The number of rotatable bonds is 7. The van der Waals surface area contributed by atoms with Crippen LogP contribution in [0.15, 0.2) is 0 Å². The van der Waals surface area contributed by atoms with Crippen molar-refractivity contribution in [1.29, 1.82) is 0 Å². The van der Waals surface area contributed by atoms with Crippen LogP contribution in [0.4, 0.5) is 0 Å². The number of piperidine rings is 1. The van der Waals surface area contributed by atoms with Crippen molar-refractivity contribution in [3.8, 4) is 0 Å². The Balaban J connectivity index is 2.48. The monoisotopic (exact) mass is 256 g/mol. The highest BCUT2D eigenvalue weighted by Crippen LogP contribution is 2.24. The summed E-state index contributed by atoms with van der Waals surface area (Å²) in [5.74, 6) is 0.658. The van der Waals surface area contributed by atoms with Gasteiger partial charge in [-0.2, -0.15) is 0 Å². The first-order valence-corrected chi connectivity index (χ1v) is 7.20. The first-order chi connectivity index (χ1) is 8.52. The minimum Gasteiger partial charge on any atom is -0.481 e. The van der Waals surface area contributed by atoms with Crippen LogP contribution in [0.2, 0.25) is 0 Å². The van der Waals surface area contributed by atoms with E-state index in [9.17, 15) is 4.79 Å². The van der Waals surface area contributed by atoms with Crippen LogP contribution in [0, 0.1) is 11.8 Å². The second-order valence-corrected chi connectivity index (χ2v) is 5.79. The van der Waals surface area contributed by atoms with Gasteiger partial charge >= 0.3 is 5.97 Å². The average Bonchev–Trinajstić information content (AvgIpc) is 2.33. The van der Waals surface area contributed by atoms with Crippen molar-refractivity contribution < 1.29 is 9.90 Å². The predicted molar refractivity (Wildman–Crippen MR) is 73.7 cm³/mol. The zero-order chi connectivity index (χ0) is 13.5. The van der Waals surface area contributed by atoms with Gasteiger partial charge in [-0.15, -0.1) is 0 Å². The molecule has 4 nitrogen and oxygen atoms in total. The maximum Gasteiger partial charge on any atom is 0.304 e. The summed E-state index contributed by atoms with van der Waals surface area (Å²) in [5.41, 5.74) is 0. The van der Waals surface area contributed by atoms with Crippen LogP contribution in [0.5, 0.6) is 0 Å². The van der Waals surface area contributed by atoms with Crippen molar-refractivity contribution >= 4 is 5.97 Å². The highest BCUT2D eigenvalue weighted by Gasteiger charge is 2.28. The Bertz CT molecular complexity index is 256. The molecule has 0 bridgehead atoms. The molecule has 2 unspecified atom stereocenters. The van der Waals surface area contributed by atoms with E-state index in [0.29, 0.717) is 24.4 Å². The average molecular weight is 256 g/mol. The van der Waals surface area contributed by atoms with E-state index in [1.54, 1.807) is 0 Å². The molecule has 1 aliphatic rings. The summed E-state index contributed by atoms with van der Waals surface area (Å²) in [5, 5.41) is 12.4. The number of likely N-dealkylation sites (tertiary alicyclic amines) is 1. The van der Waals surface area contributed by atoms with E-state index in [1.165, 1.54) is 6.42 Å². The van der Waals surface area contributed by atoms with Crippen LogP contribution < -0.4 is 5.32 Å². The van der Waals surface area contributed by atoms with Gasteiger partial charge in [-0.25, -0.2) is 0 Å². The van der Waals surface area contributed by atoms with E-state index < -0.39 is 5.97 Å². The number of nitrogens with one attached hydrogen (secondary N) is 1. The van der Waals surface area contributed by atoms with Crippen LogP contribution in [0.3, 0.4) is 0 Å². The SMILES string of the molecule is CCCNC1CC(C(C)C)CN(CCC(=O)O)C1. The lowest BCUT2D eigenvalue weighted by molar-refractivity contribution is -0.137. The molecule has 2 N–H and O–H groups in total. The van der Waals surface area contributed by atoms with Crippen molar-refractivity contribution in [3.05, 3.63) is 0 Å².